The van der Waals surface area contributed by atoms with Crippen LogP contribution in [0.3, 0.4) is 0 Å². The molecule has 1 aliphatic heterocycles. The number of nitrogens with zero attached hydrogens (tertiary/aromatic N) is 1. The van der Waals surface area contributed by atoms with E-state index >= 15 is 0 Å². The van der Waals surface area contributed by atoms with Crippen LogP contribution in [0.1, 0.15) is 29.8 Å². The zero-order valence-electron chi connectivity index (χ0n) is 12.4. The highest BCUT2D eigenvalue weighted by molar-refractivity contribution is 5.91. The third-order valence-corrected chi connectivity index (χ3v) is 5.00. The SMILES string of the molecule is COc1ccc(C(=O)N2CCC3(CC2)[C@H](O)C[C@@H]3OC)o1. The molecule has 21 heavy (non-hydrogen) atoms. The van der Waals surface area contributed by atoms with Gasteiger partial charge in [0.2, 0.25) is 0 Å². The number of aliphatic hydroxyl groups excluding tert-OH is 1. The molecule has 0 aromatic carbocycles. The lowest BCUT2D eigenvalue weighted by Crippen LogP contribution is -2.62. The molecular formula is C15H21NO5. The summed E-state index contributed by atoms with van der Waals surface area (Å²) >= 11 is 0. The number of rotatable bonds is 3. The van der Waals surface area contributed by atoms with Gasteiger partial charge in [-0.1, -0.05) is 0 Å². The van der Waals surface area contributed by atoms with Crippen LogP contribution >= 0.6 is 0 Å². The zero-order valence-corrected chi connectivity index (χ0v) is 12.4. The fraction of sp³-hybridized carbons (Fsp3) is 0.667. The number of furan rings is 1. The minimum atomic E-state index is -0.316. The maximum absolute atomic E-state index is 12.4. The van der Waals surface area contributed by atoms with E-state index < -0.39 is 0 Å². The molecule has 3 rings (SSSR count). The number of methoxy groups -OCH3 is 2. The second-order valence-corrected chi connectivity index (χ2v) is 5.82. The fourth-order valence-corrected chi connectivity index (χ4v) is 3.54. The summed E-state index contributed by atoms with van der Waals surface area (Å²) in [4.78, 5) is 14.1. The van der Waals surface area contributed by atoms with Crippen molar-refractivity contribution in [2.45, 2.75) is 31.5 Å². The number of carbonyl (C=O) groups is 1. The number of likely N-dealkylation sites (tertiary alicyclic amines) is 1. The van der Waals surface area contributed by atoms with E-state index in [2.05, 4.69) is 0 Å². The second kappa shape index (κ2) is 5.35. The monoisotopic (exact) mass is 295 g/mol. The number of ether oxygens (including phenoxy) is 2. The van der Waals surface area contributed by atoms with Gasteiger partial charge in [-0.3, -0.25) is 4.79 Å². The maximum atomic E-state index is 12.4. The quantitative estimate of drug-likeness (QED) is 0.909. The Kier molecular flexibility index (Phi) is 3.67. The molecule has 1 N–H and O–H groups in total. The predicted molar refractivity (Wildman–Crippen MR) is 74.3 cm³/mol. The van der Waals surface area contributed by atoms with Gasteiger partial charge in [-0.05, 0) is 18.9 Å². The lowest BCUT2D eigenvalue weighted by molar-refractivity contribution is -0.199. The minimum absolute atomic E-state index is 0.105. The number of hydrogen-bond acceptors (Lipinski definition) is 5. The summed E-state index contributed by atoms with van der Waals surface area (Å²) in [6, 6.07) is 3.26. The Bertz CT molecular complexity index is 518. The van der Waals surface area contributed by atoms with Crippen molar-refractivity contribution >= 4 is 5.91 Å². The van der Waals surface area contributed by atoms with E-state index in [9.17, 15) is 9.90 Å². The lowest BCUT2D eigenvalue weighted by Gasteiger charge is -2.56. The van der Waals surface area contributed by atoms with E-state index in [4.69, 9.17) is 13.9 Å². The Morgan fingerprint density at radius 1 is 1.38 bits per heavy atom. The first-order valence-corrected chi connectivity index (χ1v) is 7.24. The van der Waals surface area contributed by atoms with Crippen molar-refractivity contribution < 1.29 is 23.8 Å². The molecule has 1 aliphatic carbocycles. The van der Waals surface area contributed by atoms with Crippen LogP contribution in [0.5, 0.6) is 5.95 Å². The van der Waals surface area contributed by atoms with Gasteiger partial charge < -0.3 is 23.9 Å². The number of piperidine rings is 1. The molecule has 1 aromatic rings. The van der Waals surface area contributed by atoms with Gasteiger partial charge in [-0.15, -0.1) is 0 Å². The summed E-state index contributed by atoms with van der Waals surface area (Å²) in [5, 5.41) is 10.1. The van der Waals surface area contributed by atoms with Crippen LogP contribution in [0, 0.1) is 5.41 Å². The molecule has 2 fully saturated rings. The molecule has 0 radical (unpaired) electrons. The molecule has 1 amide bonds. The molecule has 1 saturated carbocycles. The molecule has 6 heteroatoms. The van der Waals surface area contributed by atoms with E-state index in [0.29, 0.717) is 31.2 Å². The number of aliphatic hydroxyl groups is 1. The van der Waals surface area contributed by atoms with Crippen molar-refractivity contribution in [1.29, 1.82) is 0 Å². The van der Waals surface area contributed by atoms with Crippen LogP contribution in [-0.2, 0) is 4.74 Å². The Labute approximate surface area is 123 Å². The smallest absolute Gasteiger partial charge is 0.289 e. The summed E-state index contributed by atoms with van der Waals surface area (Å²) in [5.41, 5.74) is -0.174. The van der Waals surface area contributed by atoms with Gasteiger partial charge in [0, 0.05) is 38.1 Å². The first-order valence-electron chi connectivity index (χ1n) is 7.24. The molecule has 1 spiro atoms. The molecule has 2 atom stereocenters. The van der Waals surface area contributed by atoms with Crippen molar-refractivity contribution in [1.82, 2.24) is 4.90 Å². The average Bonchev–Trinajstić information content (AvgIpc) is 3.00. The highest BCUT2D eigenvalue weighted by atomic mass is 16.6. The van der Waals surface area contributed by atoms with Crippen molar-refractivity contribution in [2.24, 2.45) is 5.41 Å². The third kappa shape index (κ3) is 2.22. The summed E-state index contributed by atoms with van der Waals surface area (Å²) in [6.07, 6.45) is 2.00. The predicted octanol–water partition coefficient (Wildman–Crippen LogP) is 1.29. The third-order valence-electron chi connectivity index (χ3n) is 5.00. The number of amides is 1. The highest BCUT2D eigenvalue weighted by Crippen LogP contribution is 2.50. The minimum Gasteiger partial charge on any atom is -0.468 e. The van der Waals surface area contributed by atoms with E-state index in [0.717, 1.165) is 12.8 Å². The van der Waals surface area contributed by atoms with Crippen molar-refractivity contribution in [2.75, 3.05) is 27.3 Å². The van der Waals surface area contributed by atoms with E-state index in [1.807, 2.05) is 0 Å². The van der Waals surface area contributed by atoms with Gasteiger partial charge in [0.15, 0.2) is 5.76 Å². The van der Waals surface area contributed by atoms with Crippen LogP contribution in [0.2, 0.25) is 0 Å². The van der Waals surface area contributed by atoms with E-state index in [-0.39, 0.29) is 23.5 Å². The highest BCUT2D eigenvalue weighted by Gasteiger charge is 2.56. The summed E-state index contributed by atoms with van der Waals surface area (Å²) in [6.45, 7) is 1.22. The van der Waals surface area contributed by atoms with E-state index in [1.54, 1.807) is 24.1 Å². The fourth-order valence-electron chi connectivity index (χ4n) is 3.54. The number of hydrogen-bond donors (Lipinski definition) is 1. The number of carbonyl (C=O) groups excluding carboxylic acids is 1. The Hall–Kier alpha value is -1.53. The van der Waals surface area contributed by atoms with Gasteiger partial charge in [-0.2, -0.15) is 0 Å². The lowest BCUT2D eigenvalue weighted by atomic mass is 9.58. The standard InChI is InChI=1S/C15H21NO5/c1-19-12-9-11(17)15(12)5-7-16(8-6-15)14(18)10-3-4-13(20-2)21-10/h3-4,11-12,17H,5-9H2,1-2H3/t11-,12+/m1/s1. The Morgan fingerprint density at radius 2 is 2.10 bits per heavy atom. The first kappa shape index (κ1) is 14.4. The second-order valence-electron chi connectivity index (χ2n) is 5.82. The largest absolute Gasteiger partial charge is 0.468 e. The topological polar surface area (TPSA) is 72.1 Å². The summed E-state index contributed by atoms with van der Waals surface area (Å²) in [5.74, 6) is 0.497. The molecule has 0 unspecified atom stereocenters. The Balaban J connectivity index is 1.64. The van der Waals surface area contributed by atoms with Crippen LogP contribution in [0.4, 0.5) is 0 Å². The van der Waals surface area contributed by atoms with E-state index in [1.165, 1.54) is 7.11 Å². The normalized spacial score (nSPS) is 27.5. The average molecular weight is 295 g/mol. The molecule has 116 valence electrons. The van der Waals surface area contributed by atoms with Crippen LogP contribution in [-0.4, -0.2) is 55.4 Å². The van der Waals surface area contributed by atoms with Crippen molar-refractivity contribution in [3.63, 3.8) is 0 Å². The van der Waals surface area contributed by atoms with Gasteiger partial charge in [0.25, 0.3) is 11.9 Å². The van der Waals surface area contributed by atoms with Crippen molar-refractivity contribution in [3.05, 3.63) is 17.9 Å². The van der Waals surface area contributed by atoms with Crippen LogP contribution in [0.15, 0.2) is 16.5 Å². The molecule has 0 bridgehead atoms. The summed E-state index contributed by atoms with van der Waals surface area (Å²) < 4.78 is 15.7. The molecule has 1 aromatic heterocycles. The van der Waals surface area contributed by atoms with Gasteiger partial charge in [0.1, 0.15) is 0 Å². The van der Waals surface area contributed by atoms with Crippen LogP contribution < -0.4 is 4.74 Å². The van der Waals surface area contributed by atoms with Crippen LogP contribution in [0.25, 0.3) is 0 Å². The van der Waals surface area contributed by atoms with Gasteiger partial charge in [-0.25, -0.2) is 0 Å². The Morgan fingerprint density at radius 3 is 2.62 bits per heavy atom. The van der Waals surface area contributed by atoms with Gasteiger partial charge in [0.05, 0.1) is 19.3 Å². The molecule has 6 nitrogen and oxygen atoms in total. The molecular weight excluding hydrogens is 274 g/mol. The molecule has 2 heterocycles. The molecule has 1 saturated heterocycles. The molecule has 2 aliphatic rings. The summed E-state index contributed by atoms with van der Waals surface area (Å²) in [7, 11) is 3.19. The van der Waals surface area contributed by atoms with Crippen molar-refractivity contribution in [3.8, 4) is 5.95 Å². The van der Waals surface area contributed by atoms with Gasteiger partial charge >= 0.3 is 0 Å². The zero-order chi connectivity index (χ0) is 15.0. The first-order chi connectivity index (χ1) is 10.1. The maximum Gasteiger partial charge on any atom is 0.289 e.